The standard InChI is InChI=1S/C17H18FN3/c1-9-7-10(2)12(4)15(11(9)3)16-17(19)21-8-13(18)5-6-14(21)20-16/h5-8H,19H2,1-4H3. The van der Waals surface area contributed by atoms with Gasteiger partial charge in [0.2, 0.25) is 0 Å². The molecule has 4 heteroatoms. The number of anilines is 1. The minimum Gasteiger partial charge on any atom is -0.383 e. The third-order valence-electron chi connectivity index (χ3n) is 4.22. The number of fused-ring (bicyclic) bond motifs is 1. The van der Waals surface area contributed by atoms with Crippen LogP contribution < -0.4 is 5.73 Å². The van der Waals surface area contributed by atoms with Crippen LogP contribution in [0.2, 0.25) is 0 Å². The third kappa shape index (κ3) is 1.98. The number of nitrogens with two attached hydrogens (primary N) is 1. The highest BCUT2D eigenvalue weighted by atomic mass is 19.1. The van der Waals surface area contributed by atoms with Gasteiger partial charge in [0.05, 0.1) is 0 Å². The second kappa shape index (κ2) is 4.58. The van der Waals surface area contributed by atoms with Crippen LogP contribution in [0.25, 0.3) is 16.9 Å². The summed E-state index contributed by atoms with van der Waals surface area (Å²) >= 11 is 0. The van der Waals surface area contributed by atoms with E-state index in [1.807, 2.05) is 0 Å². The van der Waals surface area contributed by atoms with Crippen molar-refractivity contribution < 1.29 is 4.39 Å². The molecule has 0 aliphatic rings. The van der Waals surface area contributed by atoms with Crippen LogP contribution in [0.1, 0.15) is 22.3 Å². The first-order chi connectivity index (χ1) is 9.90. The number of imidazole rings is 1. The van der Waals surface area contributed by atoms with Crippen molar-refractivity contribution in [1.29, 1.82) is 0 Å². The van der Waals surface area contributed by atoms with E-state index in [0.717, 1.165) is 22.4 Å². The third-order valence-corrected chi connectivity index (χ3v) is 4.22. The molecule has 0 aliphatic carbocycles. The van der Waals surface area contributed by atoms with E-state index < -0.39 is 0 Å². The smallest absolute Gasteiger partial charge is 0.140 e. The molecular weight excluding hydrogens is 265 g/mol. The number of halogens is 1. The Hall–Kier alpha value is -2.36. The lowest BCUT2D eigenvalue weighted by molar-refractivity contribution is 0.619. The number of nitrogens with zero attached hydrogens (tertiary/aromatic N) is 2. The molecule has 2 aromatic heterocycles. The molecule has 0 aliphatic heterocycles. The van der Waals surface area contributed by atoms with Gasteiger partial charge in [-0.1, -0.05) is 6.07 Å². The van der Waals surface area contributed by atoms with Crippen molar-refractivity contribution in [3.63, 3.8) is 0 Å². The molecule has 3 aromatic rings. The summed E-state index contributed by atoms with van der Waals surface area (Å²) in [5.74, 6) is 0.146. The SMILES string of the molecule is Cc1cc(C)c(C)c(-c2nc3ccc(F)cn3c2N)c1C. The minimum atomic E-state index is -0.327. The Morgan fingerprint density at radius 3 is 2.29 bits per heavy atom. The predicted molar refractivity (Wildman–Crippen MR) is 83.9 cm³/mol. The Morgan fingerprint density at radius 2 is 1.67 bits per heavy atom. The summed E-state index contributed by atoms with van der Waals surface area (Å²) in [5.41, 5.74) is 13.4. The van der Waals surface area contributed by atoms with E-state index in [-0.39, 0.29) is 5.82 Å². The Morgan fingerprint density at radius 1 is 1.05 bits per heavy atom. The second-order valence-corrected chi connectivity index (χ2v) is 5.56. The molecule has 2 heterocycles. The lowest BCUT2D eigenvalue weighted by atomic mass is 9.92. The van der Waals surface area contributed by atoms with Crippen LogP contribution >= 0.6 is 0 Å². The highest BCUT2D eigenvalue weighted by Gasteiger charge is 2.18. The average Bonchev–Trinajstić information content (AvgIpc) is 2.75. The van der Waals surface area contributed by atoms with Crippen molar-refractivity contribution in [2.75, 3.05) is 5.73 Å². The number of benzene rings is 1. The van der Waals surface area contributed by atoms with Gasteiger partial charge in [-0.05, 0) is 62.1 Å². The lowest BCUT2D eigenvalue weighted by Gasteiger charge is -2.14. The van der Waals surface area contributed by atoms with Gasteiger partial charge < -0.3 is 5.73 Å². The zero-order valence-electron chi connectivity index (χ0n) is 12.7. The summed E-state index contributed by atoms with van der Waals surface area (Å²) in [5, 5.41) is 0. The fourth-order valence-electron chi connectivity index (χ4n) is 2.79. The monoisotopic (exact) mass is 283 g/mol. The molecule has 3 nitrogen and oxygen atoms in total. The summed E-state index contributed by atoms with van der Waals surface area (Å²) in [6, 6.07) is 5.20. The van der Waals surface area contributed by atoms with Gasteiger partial charge in [0.1, 0.15) is 23.0 Å². The number of hydrogen-bond donors (Lipinski definition) is 1. The first-order valence-corrected chi connectivity index (χ1v) is 6.91. The summed E-state index contributed by atoms with van der Waals surface area (Å²) in [7, 11) is 0. The molecule has 108 valence electrons. The summed E-state index contributed by atoms with van der Waals surface area (Å²) in [6.07, 6.45) is 1.37. The van der Waals surface area contributed by atoms with Crippen molar-refractivity contribution in [2.45, 2.75) is 27.7 Å². The fourth-order valence-corrected chi connectivity index (χ4v) is 2.79. The Labute approximate surface area is 123 Å². The van der Waals surface area contributed by atoms with E-state index in [0.29, 0.717) is 11.5 Å². The number of hydrogen-bond acceptors (Lipinski definition) is 2. The highest BCUT2D eigenvalue weighted by Crippen LogP contribution is 2.34. The molecule has 0 spiro atoms. The topological polar surface area (TPSA) is 43.3 Å². The maximum Gasteiger partial charge on any atom is 0.140 e. The minimum absolute atomic E-state index is 0.327. The van der Waals surface area contributed by atoms with Gasteiger partial charge in [-0.3, -0.25) is 4.40 Å². The normalized spacial score (nSPS) is 11.3. The summed E-state index contributed by atoms with van der Waals surface area (Å²) < 4.78 is 15.0. The molecule has 0 unspecified atom stereocenters. The Balaban J connectivity index is 2.39. The van der Waals surface area contributed by atoms with Crippen LogP contribution in [-0.2, 0) is 0 Å². The number of rotatable bonds is 1. The Kier molecular flexibility index (Phi) is 2.97. The number of aryl methyl sites for hydroxylation is 2. The molecule has 1 aromatic carbocycles. The first-order valence-electron chi connectivity index (χ1n) is 6.91. The van der Waals surface area contributed by atoms with Crippen LogP contribution in [-0.4, -0.2) is 9.38 Å². The van der Waals surface area contributed by atoms with E-state index in [2.05, 4.69) is 38.7 Å². The van der Waals surface area contributed by atoms with Crippen molar-refractivity contribution in [3.05, 3.63) is 52.5 Å². The Bertz CT molecular complexity index is 836. The molecule has 3 rings (SSSR count). The van der Waals surface area contributed by atoms with Gasteiger partial charge in [-0.25, -0.2) is 9.37 Å². The van der Waals surface area contributed by atoms with E-state index in [1.165, 1.54) is 23.4 Å². The maximum atomic E-state index is 13.4. The van der Waals surface area contributed by atoms with Crippen molar-refractivity contribution in [1.82, 2.24) is 9.38 Å². The van der Waals surface area contributed by atoms with Gasteiger partial charge in [0.25, 0.3) is 0 Å². The van der Waals surface area contributed by atoms with Crippen LogP contribution in [0.4, 0.5) is 10.2 Å². The van der Waals surface area contributed by atoms with Gasteiger partial charge >= 0.3 is 0 Å². The molecule has 0 fully saturated rings. The number of pyridine rings is 1. The molecule has 0 saturated carbocycles. The average molecular weight is 283 g/mol. The maximum absolute atomic E-state index is 13.4. The van der Waals surface area contributed by atoms with E-state index in [1.54, 1.807) is 10.5 Å². The van der Waals surface area contributed by atoms with E-state index in [9.17, 15) is 4.39 Å². The molecule has 0 radical (unpaired) electrons. The van der Waals surface area contributed by atoms with E-state index in [4.69, 9.17) is 5.73 Å². The van der Waals surface area contributed by atoms with Gasteiger partial charge in [0, 0.05) is 11.8 Å². The summed E-state index contributed by atoms with van der Waals surface area (Å²) in [6.45, 7) is 8.30. The summed E-state index contributed by atoms with van der Waals surface area (Å²) in [4.78, 5) is 4.60. The van der Waals surface area contributed by atoms with Crippen LogP contribution in [0, 0.1) is 33.5 Å². The zero-order chi connectivity index (χ0) is 15.3. The highest BCUT2D eigenvalue weighted by molar-refractivity contribution is 5.80. The van der Waals surface area contributed by atoms with Crippen LogP contribution in [0.5, 0.6) is 0 Å². The zero-order valence-corrected chi connectivity index (χ0v) is 12.7. The molecule has 0 saturated heterocycles. The predicted octanol–water partition coefficient (Wildman–Crippen LogP) is 3.96. The van der Waals surface area contributed by atoms with Crippen LogP contribution in [0.15, 0.2) is 24.4 Å². The van der Waals surface area contributed by atoms with Gasteiger partial charge in [-0.2, -0.15) is 0 Å². The lowest BCUT2D eigenvalue weighted by Crippen LogP contribution is -1.99. The molecule has 0 amide bonds. The molecule has 0 bridgehead atoms. The number of nitrogen functional groups attached to an aromatic ring is 1. The second-order valence-electron chi connectivity index (χ2n) is 5.56. The fraction of sp³-hybridized carbons (Fsp3) is 0.235. The first kappa shape index (κ1) is 13.6. The van der Waals surface area contributed by atoms with Crippen LogP contribution in [0.3, 0.4) is 0 Å². The molecule has 21 heavy (non-hydrogen) atoms. The number of aromatic nitrogens is 2. The van der Waals surface area contributed by atoms with Gasteiger partial charge in [0.15, 0.2) is 0 Å². The molecular formula is C17H18FN3. The van der Waals surface area contributed by atoms with Gasteiger partial charge in [-0.15, -0.1) is 0 Å². The quantitative estimate of drug-likeness (QED) is 0.734. The molecule has 2 N–H and O–H groups in total. The molecule has 0 atom stereocenters. The largest absolute Gasteiger partial charge is 0.383 e. The van der Waals surface area contributed by atoms with Crippen molar-refractivity contribution in [2.24, 2.45) is 0 Å². The van der Waals surface area contributed by atoms with E-state index >= 15 is 0 Å². The van der Waals surface area contributed by atoms with Crippen molar-refractivity contribution >= 4 is 11.5 Å². The van der Waals surface area contributed by atoms with Crippen molar-refractivity contribution in [3.8, 4) is 11.3 Å².